The van der Waals surface area contributed by atoms with Gasteiger partial charge in [0.1, 0.15) is 5.01 Å². The van der Waals surface area contributed by atoms with E-state index in [2.05, 4.69) is 0 Å². The second kappa shape index (κ2) is 10.8. The van der Waals surface area contributed by atoms with Crippen LogP contribution in [-0.2, 0) is 17.0 Å². The molecule has 0 spiro atoms. The molecule has 4 aromatic rings. The number of aromatic nitrogens is 3. The van der Waals surface area contributed by atoms with Crippen LogP contribution in [0, 0.1) is 0 Å². The predicted molar refractivity (Wildman–Crippen MR) is 133 cm³/mol. The van der Waals surface area contributed by atoms with Crippen LogP contribution in [0.5, 0.6) is 11.5 Å². The summed E-state index contributed by atoms with van der Waals surface area (Å²) >= 11 is 3.07. The Bertz CT molecular complexity index is 1300. The van der Waals surface area contributed by atoms with E-state index in [1.165, 1.54) is 11.8 Å². The highest BCUT2D eigenvalue weighted by Crippen LogP contribution is 2.34. The number of hydrogen-bond donors (Lipinski definition) is 0. The third-order valence-electron chi connectivity index (χ3n) is 4.96. The number of thioether (sulfide) groups is 1. The average molecular weight is 484 g/mol. The number of ether oxygens (including phenoxy) is 3. The second-order valence-electron chi connectivity index (χ2n) is 7.09. The molecule has 2 aromatic carbocycles. The Labute approximate surface area is 200 Å². The molecule has 0 aliphatic heterocycles. The maximum Gasteiger partial charge on any atom is 0.262 e. The number of rotatable bonds is 10. The average Bonchev–Trinajstić information content (AvgIpc) is 3.32. The number of thiazole rings is 1. The van der Waals surface area contributed by atoms with Gasteiger partial charge in [-0.15, -0.1) is 11.3 Å². The first-order valence-electron chi connectivity index (χ1n) is 10.5. The molecule has 0 aliphatic rings. The van der Waals surface area contributed by atoms with Crippen LogP contribution in [0.15, 0.2) is 57.8 Å². The number of methoxy groups -OCH3 is 2. The van der Waals surface area contributed by atoms with Crippen LogP contribution in [0.3, 0.4) is 0 Å². The highest BCUT2D eigenvalue weighted by Gasteiger charge is 2.14. The van der Waals surface area contributed by atoms with Gasteiger partial charge in [0.15, 0.2) is 16.7 Å². The minimum atomic E-state index is -0.0550. The van der Waals surface area contributed by atoms with E-state index in [1.807, 2.05) is 48.7 Å². The number of nitrogens with zero attached hydrogens (tertiary/aromatic N) is 3. The van der Waals surface area contributed by atoms with Crippen molar-refractivity contribution in [3.63, 3.8) is 0 Å². The minimum absolute atomic E-state index is 0.0550. The van der Waals surface area contributed by atoms with E-state index in [9.17, 15) is 4.79 Å². The fourth-order valence-electron chi connectivity index (χ4n) is 3.36. The van der Waals surface area contributed by atoms with Crippen molar-refractivity contribution < 1.29 is 14.2 Å². The Balaban J connectivity index is 1.57. The number of fused-ring (bicyclic) bond motifs is 1. The maximum absolute atomic E-state index is 13.0. The van der Waals surface area contributed by atoms with Crippen LogP contribution in [0.25, 0.3) is 21.5 Å². The molecular weight excluding hydrogens is 458 g/mol. The fourth-order valence-corrected chi connectivity index (χ4v) is 5.20. The molecule has 0 amide bonds. The molecule has 33 heavy (non-hydrogen) atoms. The molecule has 0 atom stereocenters. The summed E-state index contributed by atoms with van der Waals surface area (Å²) in [5.74, 6) is 2.00. The van der Waals surface area contributed by atoms with E-state index in [0.29, 0.717) is 53.1 Å². The van der Waals surface area contributed by atoms with Crippen molar-refractivity contribution in [3.05, 3.63) is 63.9 Å². The first-order chi connectivity index (χ1) is 16.1. The summed E-state index contributed by atoms with van der Waals surface area (Å²) in [6.45, 7) is 3.40. The molecule has 0 fully saturated rings. The molecule has 2 heterocycles. The van der Waals surface area contributed by atoms with Gasteiger partial charge in [0, 0.05) is 23.8 Å². The lowest BCUT2D eigenvalue weighted by atomic mass is 10.2. The van der Waals surface area contributed by atoms with Gasteiger partial charge in [-0.05, 0) is 37.3 Å². The van der Waals surface area contributed by atoms with Crippen LogP contribution in [0.4, 0.5) is 0 Å². The molecule has 0 saturated heterocycles. The van der Waals surface area contributed by atoms with Crippen molar-refractivity contribution >= 4 is 34.0 Å². The van der Waals surface area contributed by atoms with Crippen molar-refractivity contribution in [2.45, 2.75) is 24.4 Å². The molecule has 0 aliphatic carbocycles. The van der Waals surface area contributed by atoms with Crippen molar-refractivity contribution in [2.75, 3.05) is 27.4 Å². The standard InChI is InChI=1S/C24H25N3O4S2/c1-4-31-20-10-9-16(13-21(20)30-3)22-25-17(14-32-22)15-33-24-26-19-8-6-5-7-18(19)23(28)27(24)11-12-29-2/h5-10,13-14H,4,11-12,15H2,1-3H3. The highest BCUT2D eigenvalue weighted by molar-refractivity contribution is 7.98. The SMILES string of the molecule is CCOc1ccc(-c2nc(CSc3nc4ccccc4c(=O)n3CCOC)cs2)cc1OC. The fraction of sp³-hybridized carbons (Fsp3) is 0.292. The molecule has 2 aromatic heterocycles. The zero-order chi connectivity index (χ0) is 23.2. The van der Waals surface area contributed by atoms with Crippen molar-refractivity contribution in [1.82, 2.24) is 14.5 Å². The van der Waals surface area contributed by atoms with Crippen LogP contribution in [-0.4, -0.2) is 42.0 Å². The first kappa shape index (κ1) is 23.3. The molecular formula is C24H25N3O4S2. The topological polar surface area (TPSA) is 75.5 Å². The van der Waals surface area contributed by atoms with Crippen LogP contribution < -0.4 is 15.0 Å². The summed E-state index contributed by atoms with van der Waals surface area (Å²) in [5, 5.41) is 4.20. The van der Waals surface area contributed by atoms with Gasteiger partial charge >= 0.3 is 0 Å². The number of hydrogen-bond acceptors (Lipinski definition) is 8. The molecule has 0 N–H and O–H groups in total. The van der Waals surface area contributed by atoms with Gasteiger partial charge in [-0.1, -0.05) is 23.9 Å². The lowest BCUT2D eigenvalue weighted by Gasteiger charge is -2.12. The molecule has 0 radical (unpaired) electrons. The van der Waals surface area contributed by atoms with E-state index >= 15 is 0 Å². The Hall–Kier alpha value is -2.88. The molecule has 0 bridgehead atoms. The highest BCUT2D eigenvalue weighted by atomic mass is 32.2. The number of para-hydroxylation sites is 1. The van der Waals surface area contributed by atoms with Gasteiger partial charge < -0.3 is 14.2 Å². The van der Waals surface area contributed by atoms with E-state index < -0.39 is 0 Å². The molecule has 9 heteroatoms. The predicted octanol–water partition coefficient (Wildman–Crippen LogP) is 4.87. The van der Waals surface area contributed by atoms with E-state index in [0.717, 1.165) is 16.3 Å². The molecule has 4 rings (SSSR count). The van der Waals surface area contributed by atoms with E-state index in [4.69, 9.17) is 24.2 Å². The van der Waals surface area contributed by atoms with Gasteiger partial charge in [0.2, 0.25) is 0 Å². The zero-order valence-corrected chi connectivity index (χ0v) is 20.4. The second-order valence-corrected chi connectivity index (χ2v) is 8.89. The summed E-state index contributed by atoms with van der Waals surface area (Å²) < 4.78 is 17.9. The quantitative estimate of drug-likeness (QED) is 0.235. The summed E-state index contributed by atoms with van der Waals surface area (Å²) in [6, 6.07) is 13.2. The van der Waals surface area contributed by atoms with Gasteiger partial charge in [-0.25, -0.2) is 9.97 Å². The van der Waals surface area contributed by atoms with Crippen LogP contribution >= 0.6 is 23.1 Å². The zero-order valence-electron chi connectivity index (χ0n) is 18.7. The van der Waals surface area contributed by atoms with Gasteiger partial charge in [-0.2, -0.15) is 0 Å². The lowest BCUT2D eigenvalue weighted by Crippen LogP contribution is -2.25. The van der Waals surface area contributed by atoms with Gasteiger partial charge in [0.25, 0.3) is 5.56 Å². The monoisotopic (exact) mass is 483 g/mol. The van der Waals surface area contributed by atoms with Gasteiger partial charge in [0.05, 0.1) is 43.5 Å². The maximum atomic E-state index is 13.0. The third kappa shape index (κ3) is 5.21. The number of benzene rings is 2. The van der Waals surface area contributed by atoms with Crippen LogP contribution in [0.1, 0.15) is 12.6 Å². The van der Waals surface area contributed by atoms with Gasteiger partial charge in [-0.3, -0.25) is 9.36 Å². The van der Waals surface area contributed by atoms with E-state index in [1.54, 1.807) is 36.2 Å². The summed E-state index contributed by atoms with van der Waals surface area (Å²) in [6.07, 6.45) is 0. The minimum Gasteiger partial charge on any atom is -0.493 e. The summed E-state index contributed by atoms with van der Waals surface area (Å²) in [5.41, 5.74) is 2.53. The smallest absolute Gasteiger partial charge is 0.262 e. The lowest BCUT2D eigenvalue weighted by molar-refractivity contribution is 0.183. The first-order valence-corrected chi connectivity index (χ1v) is 12.4. The summed E-state index contributed by atoms with van der Waals surface area (Å²) in [7, 11) is 3.25. The van der Waals surface area contributed by atoms with Crippen molar-refractivity contribution in [2.24, 2.45) is 0 Å². The third-order valence-corrected chi connectivity index (χ3v) is 6.91. The largest absolute Gasteiger partial charge is 0.493 e. The Morgan fingerprint density at radius 2 is 1.94 bits per heavy atom. The molecule has 0 saturated carbocycles. The Morgan fingerprint density at radius 3 is 2.73 bits per heavy atom. The molecule has 7 nitrogen and oxygen atoms in total. The summed E-state index contributed by atoms with van der Waals surface area (Å²) in [4.78, 5) is 22.5. The van der Waals surface area contributed by atoms with Crippen molar-refractivity contribution in [1.29, 1.82) is 0 Å². The van der Waals surface area contributed by atoms with E-state index in [-0.39, 0.29) is 5.56 Å². The Morgan fingerprint density at radius 1 is 1.09 bits per heavy atom. The Kier molecular flexibility index (Phi) is 7.64. The molecule has 0 unspecified atom stereocenters. The molecule has 172 valence electrons. The van der Waals surface area contributed by atoms with Crippen LogP contribution in [0.2, 0.25) is 0 Å². The normalized spacial score (nSPS) is 11.1. The van der Waals surface area contributed by atoms with Crippen molar-refractivity contribution in [3.8, 4) is 22.1 Å².